The Morgan fingerprint density at radius 1 is 1.20 bits per heavy atom. The van der Waals surface area contributed by atoms with Crippen LogP contribution in [0, 0.1) is 0 Å². The summed E-state index contributed by atoms with van der Waals surface area (Å²) in [5, 5.41) is 33.5. The molecule has 10 nitrogen and oxygen atoms in total. The summed E-state index contributed by atoms with van der Waals surface area (Å²) in [5.74, 6) is -0.149. The number of nitrogens with one attached hydrogen (secondary N) is 1. The van der Waals surface area contributed by atoms with Gasteiger partial charge >= 0.3 is 0 Å². The van der Waals surface area contributed by atoms with Gasteiger partial charge < -0.3 is 25.4 Å². The highest BCUT2D eigenvalue weighted by atomic mass is 28.3. The second-order valence-corrected chi connectivity index (χ2v) is 13.5. The van der Waals surface area contributed by atoms with Crippen LogP contribution in [0.2, 0.25) is 18.1 Å². The molecule has 1 aliphatic rings. The van der Waals surface area contributed by atoms with E-state index < -0.39 is 30.6 Å². The van der Waals surface area contributed by atoms with Crippen molar-refractivity contribution in [3.63, 3.8) is 0 Å². The van der Waals surface area contributed by atoms with Gasteiger partial charge in [0.05, 0.1) is 12.9 Å². The Morgan fingerprint density at radius 2 is 1.83 bits per heavy atom. The zero-order valence-electron chi connectivity index (χ0n) is 20.9. The van der Waals surface area contributed by atoms with Crippen molar-refractivity contribution in [3.05, 3.63) is 48.5 Å². The van der Waals surface area contributed by atoms with Crippen LogP contribution in [-0.2, 0) is 4.74 Å². The quantitative estimate of drug-likeness (QED) is 0.401. The number of ether oxygens (including phenoxy) is 1. The molecule has 3 aromatic rings. The Balaban J connectivity index is 0.000000429. The predicted molar refractivity (Wildman–Crippen MR) is 135 cm³/mol. The van der Waals surface area contributed by atoms with Crippen LogP contribution in [0.15, 0.2) is 43.0 Å². The van der Waals surface area contributed by atoms with Gasteiger partial charge in [0, 0.05) is 14.4 Å². The molecule has 3 heterocycles. The molecule has 1 aliphatic heterocycles. The number of aromatic nitrogens is 4. The molecular formula is C24H34N5O5Si. The second-order valence-electron chi connectivity index (χ2n) is 10.00. The van der Waals surface area contributed by atoms with E-state index in [9.17, 15) is 20.1 Å². The summed E-state index contributed by atoms with van der Waals surface area (Å²) in [4.78, 5) is 24.9. The van der Waals surface area contributed by atoms with Crippen LogP contribution in [0.25, 0.3) is 11.2 Å². The molecule has 11 heteroatoms. The molecule has 1 radical (unpaired) electrons. The summed E-state index contributed by atoms with van der Waals surface area (Å²) in [5.41, 5.74) is -0.619. The average Bonchev–Trinajstić information content (AvgIpc) is 3.33. The largest absolute Gasteiger partial charge is 0.394 e. The Bertz CT molecular complexity index is 1150. The fraction of sp³-hybridized carbons (Fsp3) is 0.500. The number of aliphatic hydroxyl groups is 3. The van der Waals surface area contributed by atoms with Crippen molar-refractivity contribution in [2.75, 3.05) is 11.9 Å². The third-order valence-electron chi connectivity index (χ3n) is 6.31. The minimum absolute atomic E-state index is 0.0502. The van der Waals surface area contributed by atoms with Gasteiger partial charge in [0.25, 0.3) is 5.91 Å². The molecule has 0 spiro atoms. The number of anilines is 1. The van der Waals surface area contributed by atoms with Gasteiger partial charge in [0.2, 0.25) is 0 Å². The summed E-state index contributed by atoms with van der Waals surface area (Å²) in [6.07, 6.45) is -0.638. The van der Waals surface area contributed by atoms with Crippen LogP contribution < -0.4 is 5.32 Å². The van der Waals surface area contributed by atoms with Crippen LogP contribution >= 0.6 is 0 Å². The van der Waals surface area contributed by atoms with Gasteiger partial charge in [0.15, 0.2) is 23.2 Å². The lowest BCUT2D eigenvalue weighted by Gasteiger charge is -2.27. The van der Waals surface area contributed by atoms with E-state index in [1.165, 1.54) is 24.1 Å². The van der Waals surface area contributed by atoms with Crippen LogP contribution in [0.3, 0.4) is 0 Å². The number of hydrogen-bond acceptors (Lipinski definition) is 8. The van der Waals surface area contributed by atoms with Crippen molar-refractivity contribution in [2.45, 2.75) is 69.9 Å². The van der Waals surface area contributed by atoms with E-state index in [1.807, 2.05) is 6.07 Å². The zero-order chi connectivity index (χ0) is 26.0. The van der Waals surface area contributed by atoms with Crippen LogP contribution in [0.1, 0.15) is 44.3 Å². The third kappa shape index (κ3) is 5.76. The summed E-state index contributed by atoms with van der Waals surface area (Å²) in [6.45, 7) is 12.6. The number of amides is 1. The smallest absolute Gasteiger partial charge is 0.256 e. The van der Waals surface area contributed by atoms with Crippen molar-refractivity contribution in [1.82, 2.24) is 19.5 Å². The number of nitrogens with zero attached hydrogens (tertiary/aromatic N) is 4. The fourth-order valence-electron chi connectivity index (χ4n) is 3.27. The van der Waals surface area contributed by atoms with Gasteiger partial charge in [-0.05, 0) is 24.1 Å². The molecule has 35 heavy (non-hydrogen) atoms. The number of hydrogen-bond donors (Lipinski definition) is 4. The monoisotopic (exact) mass is 500 g/mol. The summed E-state index contributed by atoms with van der Waals surface area (Å²) < 4.78 is 7.04. The first-order valence-electron chi connectivity index (χ1n) is 11.4. The zero-order valence-corrected chi connectivity index (χ0v) is 21.9. The molecule has 0 saturated carbocycles. The minimum atomic E-state index is -1.68. The molecule has 0 unspecified atom stereocenters. The van der Waals surface area contributed by atoms with Crippen LogP contribution in [0.5, 0.6) is 0 Å². The molecular weight excluding hydrogens is 466 g/mol. The van der Waals surface area contributed by atoms with Gasteiger partial charge in [-0.25, -0.2) is 15.0 Å². The highest BCUT2D eigenvalue weighted by molar-refractivity contribution is 6.59. The van der Waals surface area contributed by atoms with E-state index in [1.54, 1.807) is 24.3 Å². The summed E-state index contributed by atoms with van der Waals surface area (Å²) in [7, 11) is -0.0502. The maximum atomic E-state index is 12.4. The Kier molecular flexibility index (Phi) is 8.07. The fourth-order valence-corrected chi connectivity index (χ4v) is 3.27. The Morgan fingerprint density at radius 3 is 2.37 bits per heavy atom. The van der Waals surface area contributed by atoms with Gasteiger partial charge in [-0.15, -0.1) is 0 Å². The molecule has 0 aliphatic carbocycles. The molecule has 4 rings (SSSR count). The first-order valence-corrected chi connectivity index (χ1v) is 13.9. The molecule has 2 aromatic heterocycles. The van der Waals surface area contributed by atoms with Gasteiger partial charge in [0.1, 0.15) is 24.1 Å². The number of imidazole rings is 1. The number of benzene rings is 1. The van der Waals surface area contributed by atoms with E-state index in [0.717, 1.165) is 0 Å². The third-order valence-corrected chi connectivity index (χ3v) is 9.31. The number of carbonyl (C=O) groups is 1. The lowest BCUT2D eigenvalue weighted by atomic mass is 9.96. The van der Waals surface area contributed by atoms with Crippen molar-refractivity contribution in [1.29, 1.82) is 0 Å². The molecule has 1 fully saturated rings. The summed E-state index contributed by atoms with van der Waals surface area (Å²) in [6, 6.07) is 8.66. The number of rotatable bonds is 4. The Hall–Kier alpha value is -2.70. The standard InChI is InChI=1S/C18H19N5O5.C6H15Si/c1-18(27)13(25)11(7-24)28-17(18)23-9-21-12-14(19-8-20-15(12)23)22-16(26)10-5-3-2-4-6-10;1-6(2,3)7(4)5/h2-6,8-9,11,13,17,24-25,27H,7H2,1H3,(H,19,20,22,26);1-5H3/t11-,13-,17-,18-;/m1./s1. The van der Waals surface area contributed by atoms with E-state index in [2.05, 4.69) is 54.1 Å². The van der Waals surface area contributed by atoms with Crippen molar-refractivity contribution in [2.24, 2.45) is 0 Å². The van der Waals surface area contributed by atoms with E-state index in [0.29, 0.717) is 21.8 Å². The second kappa shape index (κ2) is 10.5. The van der Waals surface area contributed by atoms with E-state index >= 15 is 0 Å². The van der Waals surface area contributed by atoms with Crippen LogP contribution in [0.4, 0.5) is 5.82 Å². The van der Waals surface area contributed by atoms with Gasteiger partial charge in [-0.2, -0.15) is 0 Å². The van der Waals surface area contributed by atoms with Crippen molar-refractivity contribution >= 4 is 31.7 Å². The lowest BCUT2D eigenvalue weighted by molar-refractivity contribution is -0.0950. The first-order chi connectivity index (χ1) is 16.4. The first kappa shape index (κ1) is 26.9. The minimum Gasteiger partial charge on any atom is -0.394 e. The summed E-state index contributed by atoms with van der Waals surface area (Å²) >= 11 is 0. The van der Waals surface area contributed by atoms with Crippen molar-refractivity contribution < 1.29 is 24.9 Å². The number of fused-ring (bicyclic) bond motifs is 1. The van der Waals surface area contributed by atoms with Crippen molar-refractivity contribution in [3.8, 4) is 0 Å². The van der Waals surface area contributed by atoms with Crippen LogP contribution in [-0.4, -0.2) is 74.0 Å². The van der Waals surface area contributed by atoms with Gasteiger partial charge in [-0.3, -0.25) is 9.36 Å². The molecule has 1 saturated heterocycles. The lowest BCUT2D eigenvalue weighted by Crippen LogP contribution is -2.44. The maximum absolute atomic E-state index is 12.4. The highest BCUT2D eigenvalue weighted by Gasteiger charge is 2.53. The predicted octanol–water partition coefficient (Wildman–Crippen LogP) is 2.62. The average molecular weight is 501 g/mol. The highest BCUT2D eigenvalue weighted by Crippen LogP contribution is 2.39. The molecule has 1 aromatic carbocycles. The number of aliphatic hydroxyl groups excluding tert-OH is 2. The normalized spacial score (nSPS) is 24.3. The maximum Gasteiger partial charge on any atom is 0.256 e. The SMILES string of the molecule is C[C@@]1(O)[C@H](O)[C@@H](CO)O[C@H]1n1cnc2c(NC(=O)c3ccccc3)ncnc21.C[Si](C)C(C)(C)C. The molecule has 4 N–H and O–H groups in total. The van der Waals surface area contributed by atoms with E-state index in [-0.39, 0.29) is 20.5 Å². The molecule has 189 valence electrons. The van der Waals surface area contributed by atoms with Gasteiger partial charge in [-0.1, -0.05) is 52.1 Å². The molecule has 0 bridgehead atoms. The molecule has 4 atom stereocenters. The topological polar surface area (TPSA) is 143 Å². The molecule has 1 amide bonds. The Labute approximate surface area is 206 Å². The number of carbonyl (C=O) groups excluding carboxylic acids is 1. The van der Waals surface area contributed by atoms with E-state index in [4.69, 9.17) is 4.74 Å².